The maximum Gasteiger partial charge on any atom is 0.0748 e. The third kappa shape index (κ3) is 1.85. The van der Waals surface area contributed by atoms with Crippen LogP contribution in [0.4, 0.5) is 5.69 Å². The number of aliphatic hydroxyl groups excluding tert-OH is 1. The van der Waals surface area contributed by atoms with Crippen molar-refractivity contribution >= 4 is 5.69 Å². The van der Waals surface area contributed by atoms with Crippen molar-refractivity contribution in [2.75, 3.05) is 18.4 Å². The quantitative estimate of drug-likeness (QED) is 0.693. The molecular weight excluding hydrogens is 188 g/mol. The molecule has 0 fully saturated rings. The summed E-state index contributed by atoms with van der Waals surface area (Å²) < 4.78 is 0. The van der Waals surface area contributed by atoms with E-state index in [1.165, 1.54) is 11.1 Å². The minimum Gasteiger partial charge on any atom is -0.391 e. The average molecular weight is 206 g/mol. The first-order valence-electron chi connectivity index (χ1n) is 5.51. The van der Waals surface area contributed by atoms with Gasteiger partial charge < -0.3 is 16.2 Å². The summed E-state index contributed by atoms with van der Waals surface area (Å²) in [7, 11) is 0. The highest BCUT2D eigenvalue weighted by molar-refractivity contribution is 5.59. The number of anilines is 1. The fourth-order valence-corrected chi connectivity index (χ4v) is 2.14. The molecule has 1 aromatic rings. The summed E-state index contributed by atoms with van der Waals surface area (Å²) in [4.78, 5) is 0. The van der Waals surface area contributed by atoms with Crippen molar-refractivity contribution in [1.29, 1.82) is 0 Å². The molecule has 2 rings (SSSR count). The molecule has 1 aliphatic rings. The van der Waals surface area contributed by atoms with E-state index in [1.807, 2.05) is 0 Å². The van der Waals surface area contributed by atoms with E-state index < -0.39 is 6.10 Å². The number of hydrogen-bond acceptors (Lipinski definition) is 3. The Kier molecular flexibility index (Phi) is 2.93. The van der Waals surface area contributed by atoms with E-state index in [9.17, 15) is 5.11 Å². The lowest BCUT2D eigenvalue weighted by molar-refractivity contribution is 0.157. The molecule has 0 aromatic heterocycles. The molecule has 1 aromatic carbocycles. The molecule has 3 heteroatoms. The number of benzene rings is 1. The second-order valence-corrected chi connectivity index (χ2v) is 4.07. The van der Waals surface area contributed by atoms with Gasteiger partial charge in [-0.05, 0) is 23.6 Å². The van der Waals surface area contributed by atoms with Crippen molar-refractivity contribution in [3.05, 3.63) is 29.3 Å². The number of aliphatic hydroxyl groups is 1. The molecule has 1 aliphatic heterocycles. The van der Waals surface area contributed by atoms with Crippen molar-refractivity contribution in [2.24, 2.45) is 5.73 Å². The van der Waals surface area contributed by atoms with Crippen molar-refractivity contribution < 1.29 is 5.11 Å². The van der Waals surface area contributed by atoms with Crippen molar-refractivity contribution in [3.63, 3.8) is 0 Å². The molecule has 0 saturated heterocycles. The van der Waals surface area contributed by atoms with Gasteiger partial charge in [0, 0.05) is 24.7 Å². The molecule has 1 heterocycles. The predicted molar refractivity (Wildman–Crippen MR) is 62.1 cm³/mol. The van der Waals surface area contributed by atoms with Gasteiger partial charge in [-0.2, -0.15) is 0 Å². The first-order chi connectivity index (χ1) is 7.26. The highest BCUT2D eigenvalue weighted by Gasteiger charge is 2.27. The zero-order chi connectivity index (χ0) is 10.8. The molecule has 0 spiro atoms. The van der Waals surface area contributed by atoms with Crippen LogP contribution in [0.25, 0.3) is 0 Å². The normalized spacial score (nSPS) is 20.9. The second kappa shape index (κ2) is 4.21. The van der Waals surface area contributed by atoms with Crippen LogP contribution in [0.3, 0.4) is 0 Å². The third-order valence-electron chi connectivity index (χ3n) is 3.14. The highest BCUT2D eigenvalue weighted by Crippen LogP contribution is 2.34. The first kappa shape index (κ1) is 10.5. The lowest BCUT2D eigenvalue weighted by Gasteiger charge is -2.16. The zero-order valence-corrected chi connectivity index (χ0v) is 9.03. The van der Waals surface area contributed by atoms with Crippen molar-refractivity contribution in [2.45, 2.75) is 25.4 Å². The monoisotopic (exact) mass is 206 g/mol. The van der Waals surface area contributed by atoms with Gasteiger partial charge in [0.2, 0.25) is 0 Å². The summed E-state index contributed by atoms with van der Waals surface area (Å²) in [6.45, 7) is 3.25. The van der Waals surface area contributed by atoms with E-state index in [4.69, 9.17) is 5.73 Å². The van der Waals surface area contributed by atoms with Gasteiger partial charge in [0.15, 0.2) is 0 Å². The van der Waals surface area contributed by atoms with Gasteiger partial charge in [-0.25, -0.2) is 0 Å². The number of fused-ring (bicyclic) bond motifs is 1. The van der Waals surface area contributed by atoms with E-state index in [1.54, 1.807) is 0 Å². The van der Waals surface area contributed by atoms with Crippen LogP contribution in [0.5, 0.6) is 0 Å². The van der Waals surface area contributed by atoms with Crippen LogP contribution in [0.2, 0.25) is 0 Å². The second-order valence-electron chi connectivity index (χ2n) is 4.07. The van der Waals surface area contributed by atoms with Gasteiger partial charge in [-0.1, -0.05) is 19.1 Å². The third-order valence-corrected chi connectivity index (χ3v) is 3.14. The number of nitrogens with one attached hydrogen (secondary N) is 1. The van der Waals surface area contributed by atoms with Crippen molar-refractivity contribution in [3.8, 4) is 0 Å². The molecule has 15 heavy (non-hydrogen) atoms. The largest absolute Gasteiger partial charge is 0.391 e. The topological polar surface area (TPSA) is 58.3 Å². The maximum atomic E-state index is 9.80. The zero-order valence-electron chi connectivity index (χ0n) is 9.03. The molecule has 0 saturated carbocycles. The molecule has 2 unspecified atom stereocenters. The number of rotatable bonds is 3. The number of hydrogen-bond donors (Lipinski definition) is 3. The molecule has 3 nitrogen and oxygen atoms in total. The average Bonchev–Trinajstić information content (AvgIpc) is 2.70. The Morgan fingerprint density at radius 2 is 2.40 bits per heavy atom. The molecular formula is C12H18N2O. The fourth-order valence-electron chi connectivity index (χ4n) is 2.14. The Hall–Kier alpha value is -1.06. The Labute approximate surface area is 90.3 Å². The van der Waals surface area contributed by atoms with Gasteiger partial charge in [0.1, 0.15) is 0 Å². The summed E-state index contributed by atoms with van der Waals surface area (Å²) in [5, 5.41) is 13.1. The highest BCUT2D eigenvalue weighted by atomic mass is 16.3. The molecule has 4 N–H and O–H groups in total. The Bertz CT molecular complexity index is 351. The predicted octanol–water partition coefficient (Wildman–Crippen LogP) is 1.08. The van der Waals surface area contributed by atoms with Crippen LogP contribution in [0, 0.1) is 0 Å². The number of aryl methyl sites for hydroxylation is 1. The summed E-state index contributed by atoms with van der Waals surface area (Å²) in [6, 6.07) is 6.40. The molecule has 0 amide bonds. The molecule has 82 valence electrons. The smallest absolute Gasteiger partial charge is 0.0748 e. The minimum atomic E-state index is -0.439. The van der Waals surface area contributed by atoms with Crippen LogP contribution < -0.4 is 11.1 Å². The summed E-state index contributed by atoms with van der Waals surface area (Å²) in [6.07, 6.45) is 0.587. The first-order valence-corrected chi connectivity index (χ1v) is 5.51. The van der Waals surface area contributed by atoms with E-state index in [-0.39, 0.29) is 5.92 Å². The SMILES string of the molecule is CCc1ccc2c(c1)C(C(O)CN)CN2. The van der Waals surface area contributed by atoms with E-state index in [2.05, 4.69) is 30.4 Å². The lowest BCUT2D eigenvalue weighted by Crippen LogP contribution is -2.28. The maximum absolute atomic E-state index is 9.80. The van der Waals surface area contributed by atoms with E-state index >= 15 is 0 Å². The Morgan fingerprint density at radius 3 is 3.07 bits per heavy atom. The van der Waals surface area contributed by atoms with Crippen molar-refractivity contribution in [1.82, 2.24) is 0 Å². The van der Waals surface area contributed by atoms with Gasteiger partial charge in [-0.3, -0.25) is 0 Å². The summed E-state index contributed by atoms with van der Waals surface area (Å²) >= 11 is 0. The molecule has 0 bridgehead atoms. The standard InChI is InChI=1S/C12H18N2O/c1-2-8-3-4-11-9(5-8)10(7-14-11)12(15)6-13/h3-5,10,12,14-15H,2,6-7,13H2,1H3. The Morgan fingerprint density at radius 1 is 1.60 bits per heavy atom. The van der Waals surface area contributed by atoms with Gasteiger partial charge >= 0.3 is 0 Å². The van der Waals surface area contributed by atoms with Crippen LogP contribution in [-0.4, -0.2) is 24.3 Å². The minimum absolute atomic E-state index is 0.150. The molecule has 2 atom stereocenters. The summed E-state index contributed by atoms with van der Waals surface area (Å²) in [5.41, 5.74) is 9.17. The van der Waals surface area contributed by atoms with Gasteiger partial charge in [0.25, 0.3) is 0 Å². The van der Waals surface area contributed by atoms with Crippen LogP contribution in [-0.2, 0) is 6.42 Å². The van der Waals surface area contributed by atoms with Crippen LogP contribution in [0.15, 0.2) is 18.2 Å². The Balaban J connectivity index is 2.31. The molecule has 0 aliphatic carbocycles. The van der Waals surface area contributed by atoms with Gasteiger partial charge in [0.05, 0.1) is 6.10 Å². The fraction of sp³-hybridized carbons (Fsp3) is 0.500. The van der Waals surface area contributed by atoms with E-state index in [0.29, 0.717) is 6.54 Å². The van der Waals surface area contributed by atoms with Gasteiger partial charge in [-0.15, -0.1) is 0 Å². The van der Waals surface area contributed by atoms with E-state index in [0.717, 1.165) is 18.7 Å². The van der Waals surface area contributed by atoms with Crippen LogP contribution in [0.1, 0.15) is 24.0 Å². The number of nitrogens with two attached hydrogens (primary N) is 1. The van der Waals surface area contributed by atoms with Crippen LogP contribution >= 0.6 is 0 Å². The lowest BCUT2D eigenvalue weighted by atomic mass is 9.93. The molecule has 0 radical (unpaired) electrons. The summed E-state index contributed by atoms with van der Waals surface area (Å²) in [5.74, 6) is 0.150.